The highest BCUT2D eigenvalue weighted by molar-refractivity contribution is 5.71. The molecular weight excluding hydrogens is 432 g/mol. The quantitative estimate of drug-likeness (QED) is 0.585. The van der Waals surface area contributed by atoms with E-state index in [-0.39, 0.29) is 30.9 Å². The number of carbonyl (C=O) groups excluding carboxylic acids is 1. The minimum Gasteiger partial charge on any atom is -0.482 e. The number of ether oxygens (including phenoxy) is 2. The van der Waals surface area contributed by atoms with Gasteiger partial charge in [0.1, 0.15) is 24.0 Å². The molecule has 1 aliphatic rings. The fourth-order valence-corrected chi connectivity index (χ4v) is 3.96. The van der Waals surface area contributed by atoms with Crippen molar-refractivity contribution >= 4 is 12.1 Å². The lowest BCUT2D eigenvalue weighted by Crippen LogP contribution is -2.41. The molecule has 0 bridgehead atoms. The number of fused-ring (bicyclic) bond motifs is 1. The van der Waals surface area contributed by atoms with Crippen LogP contribution in [0, 0.1) is 11.6 Å². The fraction of sp³-hybridized carbons (Fsp3) is 0.200. The number of carboxylic acids is 1. The summed E-state index contributed by atoms with van der Waals surface area (Å²) in [5.74, 6) is -2.16. The topological polar surface area (TPSA) is 76.1 Å². The Labute approximate surface area is 189 Å². The minimum atomic E-state index is -1.21. The molecule has 1 heterocycles. The number of amides is 1. The molecule has 1 amide bonds. The predicted octanol–water partition coefficient (Wildman–Crippen LogP) is 4.71. The van der Waals surface area contributed by atoms with Crippen molar-refractivity contribution in [2.45, 2.75) is 19.1 Å². The van der Waals surface area contributed by atoms with Crippen molar-refractivity contribution in [3.05, 3.63) is 101 Å². The first-order valence-corrected chi connectivity index (χ1v) is 10.3. The van der Waals surface area contributed by atoms with Crippen LogP contribution in [-0.4, -0.2) is 35.2 Å². The molecule has 1 unspecified atom stereocenters. The van der Waals surface area contributed by atoms with Crippen molar-refractivity contribution in [2.24, 2.45) is 0 Å². The number of halogens is 2. The summed E-state index contributed by atoms with van der Waals surface area (Å²) in [6.45, 7) is -0.495. The van der Waals surface area contributed by atoms with Crippen LogP contribution in [0.1, 0.15) is 28.3 Å². The molecule has 0 spiro atoms. The summed E-state index contributed by atoms with van der Waals surface area (Å²) in [6.07, 6.45) is -0.410. The van der Waals surface area contributed by atoms with Crippen LogP contribution in [0.3, 0.4) is 0 Å². The summed E-state index contributed by atoms with van der Waals surface area (Å²) in [5.41, 5.74) is 1.87. The number of nitrogens with zero attached hydrogens (tertiary/aromatic N) is 1. The molecular formula is C25H21F2NO5. The predicted molar refractivity (Wildman–Crippen MR) is 115 cm³/mol. The van der Waals surface area contributed by atoms with Crippen molar-refractivity contribution in [1.82, 2.24) is 4.90 Å². The van der Waals surface area contributed by atoms with Crippen molar-refractivity contribution in [1.29, 1.82) is 0 Å². The number of benzene rings is 3. The lowest BCUT2D eigenvalue weighted by Gasteiger charge is -2.37. The summed E-state index contributed by atoms with van der Waals surface area (Å²) < 4.78 is 39.7. The molecule has 1 atom stereocenters. The van der Waals surface area contributed by atoms with Crippen LogP contribution in [0.4, 0.5) is 13.6 Å². The van der Waals surface area contributed by atoms with Gasteiger partial charge in [-0.25, -0.2) is 18.4 Å². The van der Waals surface area contributed by atoms with Gasteiger partial charge in [0, 0.05) is 12.1 Å². The molecule has 0 aliphatic carbocycles. The van der Waals surface area contributed by atoms with Gasteiger partial charge in [0.25, 0.3) is 0 Å². The smallest absolute Gasteiger partial charge is 0.410 e. The van der Waals surface area contributed by atoms with Crippen LogP contribution >= 0.6 is 0 Å². The van der Waals surface area contributed by atoms with Crippen LogP contribution in [0.15, 0.2) is 66.7 Å². The van der Waals surface area contributed by atoms with E-state index in [4.69, 9.17) is 14.6 Å². The first kappa shape index (κ1) is 22.3. The number of aliphatic carboxylic acids is 1. The molecule has 1 aliphatic heterocycles. The Bertz CT molecular complexity index is 1170. The van der Waals surface area contributed by atoms with Crippen LogP contribution in [-0.2, 0) is 22.6 Å². The van der Waals surface area contributed by atoms with Gasteiger partial charge in [-0.05, 0) is 47.4 Å². The fourth-order valence-electron chi connectivity index (χ4n) is 3.96. The molecule has 3 aromatic carbocycles. The third-order valence-electron chi connectivity index (χ3n) is 5.42. The summed E-state index contributed by atoms with van der Waals surface area (Å²) in [6, 6.07) is 16.3. The van der Waals surface area contributed by atoms with E-state index in [0.29, 0.717) is 11.1 Å². The standard InChI is InChI=1S/C25H21F2NO5/c26-17-9-10-22(32-15-23(29)30)20(13-17)24-19-7-4-8-21(27)18(19)11-12-28(24)25(31)33-14-16-5-2-1-3-6-16/h1-10,13,24H,11-12,14-15H2,(H,29,30). The van der Waals surface area contributed by atoms with Gasteiger partial charge in [0.15, 0.2) is 6.61 Å². The number of carbonyl (C=O) groups is 2. The summed E-state index contributed by atoms with van der Waals surface area (Å²) in [4.78, 5) is 25.5. The highest BCUT2D eigenvalue weighted by Crippen LogP contribution is 2.40. The Morgan fingerprint density at radius 1 is 1.00 bits per heavy atom. The maximum Gasteiger partial charge on any atom is 0.410 e. The Balaban J connectivity index is 1.73. The SMILES string of the molecule is O=C(O)COc1ccc(F)cc1C1c2cccc(F)c2CCN1C(=O)OCc1ccccc1. The minimum absolute atomic E-state index is 0.0322. The number of rotatable bonds is 6. The Morgan fingerprint density at radius 2 is 1.79 bits per heavy atom. The van der Waals surface area contributed by atoms with E-state index in [1.54, 1.807) is 6.07 Å². The first-order valence-electron chi connectivity index (χ1n) is 10.3. The highest BCUT2D eigenvalue weighted by atomic mass is 19.1. The van der Waals surface area contributed by atoms with Gasteiger partial charge in [0.05, 0.1) is 6.04 Å². The Kier molecular flexibility index (Phi) is 6.53. The van der Waals surface area contributed by atoms with Gasteiger partial charge in [-0.15, -0.1) is 0 Å². The lowest BCUT2D eigenvalue weighted by molar-refractivity contribution is -0.139. The Hall–Kier alpha value is -3.94. The molecule has 1 N–H and O–H groups in total. The third kappa shape index (κ3) is 4.95. The van der Waals surface area contributed by atoms with E-state index < -0.39 is 36.3 Å². The van der Waals surface area contributed by atoms with Crippen molar-refractivity contribution in [3.8, 4) is 5.75 Å². The van der Waals surface area contributed by atoms with Crippen LogP contribution in [0.25, 0.3) is 0 Å². The molecule has 8 heteroatoms. The lowest BCUT2D eigenvalue weighted by atomic mass is 9.87. The van der Waals surface area contributed by atoms with Crippen LogP contribution in [0.2, 0.25) is 0 Å². The second-order valence-corrected chi connectivity index (χ2v) is 7.56. The molecule has 0 saturated heterocycles. The van der Waals surface area contributed by atoms with Crippen molar-refractivity contribution in [3.63, 3.8) is 0 Å². The van der Waals surface area contributed by atoms with E-state index in [0.717, 1.165) is 11.6 Å². The molecule has 0 aromatic heterocycles. The number of hydrogen-bond acceptors (Lipinski definition) is 4. The van der Waals surface area contributed by atoms with Gasteiger partial charge >= 0.3 is 12.1 Å². The van der Waals surface area contributed by atoms with Gasteiger partial charge in [0.2, 0.25) is 0 Å². The highest BCUT2D eigenvalue weighted by Gasteiger charge is 2.36. The number of hydrogen-bond donors (Lipinski definition) is 1. The monoisotopic (exact) mass is 453 g/mol. The molecule has 0 saturated carbocycles. The zero-order valence-corrected chi connectivity index (χ0v) is 17.5. The zero-order valence-electron chi connectivity index (χ0n) is 17.5. The Morgan fingerprint density at radius 3 is 2.55 bits per heavy atom. The van der Waals surface area contributed by atoms with Crippen molar-refractivity contribution < 1.29 is 33.0 Å². The zero-order chi connectivity index (χ0) is 23.4. The van der Waals surface area contributed by atoms with E-state index in [9.17, 15) is 18.4 Å². The summed E-state index contributed by atoms with van der Waals surface area (Å²) in [7, 11) is 0. The molecule has 0 radical (unpaired) electrons. The van der Waals surface area contributed by atoms with Gasteiger partial charge < -0.3 is 14.6 Å². The third-order valence-corrected chi connectivity index (χ3v) is 5.42. The van der Waals surface area contributed by atoms with Gasteiger partial charge in [-0.1, -0.05) is 42.5 Å². The second kappa shape index (κ2) is 9.68. The van der Waals surface area contributed by atoms with Gasteiger partial charge in [-0.3, -0.25) is 4.90 Å². The number of carboxylic acid groups (broad SMARTS) is 1. The first-order chi connectivity index (χ1) is 15.9. The molecule has 4 rings (SSSR count). The van der Waals surface area contributed by atoms with Crippen molar-refractivity contribution in [2.75, 3.05) is 13.2 Å². The molecule has 0 fully saturated rings. The molecule has 170 valence electrons. The van der Waals surface area contributed by atoms with E-state index >= 15 is 0 Å². The molecule has 33 heavy (non-hydrogen) atoms. The maximum atomic E-state index is 14.6. The van der Waals surface area contributed by atoms with E-state index in [1.165, 1.54) is 29.2 Å². The van der Waals surface area contributed by atoms with E-state index in [1.807, 2.05) is 30.3 Å². The second-order valence-electron chi connectivity index (χ2n) is 7.56. The average Bonchev–Trinajstić information content (AvgIpc) is 2.82. The summed E-state index contributed by atoms with van der Waals surface area (Å²) in [5, 5.41) is 9.01. The van der Waals surface area contributed by atoms with Crippen LogP contribution in [0.5, 0.6) is 5.75 Å². The molecule has 3 aromatic rings. The largest absolute Gasteiger partial charge is 0.482 e. The van der Waals surface area contributed by atoms with Crippen LogP contribution < -0.4 is 4.74 Å². The normalized spacial score (nSPS) is 15.0. The molecule has 6 nitrogen and oxygen atoms in total. The van der Waals surface area contributed by atoms with Gasteiger partial charge in [-0.2, -0.15) is 0 Å². The average molecular weight is 453 g/mol. The van der Waals surface area contributed by atoms with E-state index in [2.05, 4.69) is 0 Å². The maximum absolute atomic E-state index is 14.6. The summed E-state index contributed by atoms with van der Waals surface area (Å²) >= 11 is 0.